The first-order chi connectivity index (χ1) is 10.2. The number of aromatic nitrogens is 1. The van der Waals surface area contributed by atoms with Gasteiger partial charge in [0.05, 0.1) is 12.1 Å². The maximum absolute atomic E-state index is 6.12. The van der Waals surface area contributed by atoms with Gasteiger partial charge in [-0.15, -0.1) is 0 Å². The van der Waals surface area contributed by atoms with Gasteiger partial charge in [0, 0.05) is 27.4 Å². The second kappa shape index (κ2) is 5.84. The standard InChI is InChI=1S/C17H18N2OS/c1-11(18)17-14(20-2)8-5-9-15(17)21-16-10-12-6-3-4-7-13(12)19-16/h3-11,19H,18H2,1-2H3/t11-/m0/s1. The Bertz CT molecular complexity index is 731. The average Bonchev–Trinajstić information content (AvgIpc) is 2.88. The van der Waals surface area contributed by atoms with Crippen molar-refractivity contribution in [3.8, 4) is 5.75 Å². The van der Waals surface area contributed by atoms with Crippen LogP contribution >= 0.6 is 11.8 Å². The molecule has 2 aromatic carbocycles. The Hall–Kier alpha value is -1.91. The predicted molar refractivity (Wildman–Crippen MR) is 88.0 cm³/mol. The molecule has 0 radical (unpaired) electrons. The number of hydrogen-bond donors (Lipinski definition) is 2. The van der Waals surface area contributed by atoms with Gasteiger partial charge in [-0.3, -0.25) is 0 Å². The molecule has 3 N–H and O–H groups in total. The van der Waals surface area contributed by atoms with Crippen molar-refractivity contribution >= 4 is 22.7 Å². The van der Waals surface area contributed by atoms with Gasteiger partial charge in [-0.1, -0.05) is 36.0 Å². The summed E-state index contributed by atoms with van der Waals surface area (Å²) in [5, 5.41) is 2.32. The van der Waals surface area contributed by atoms with E-state index in [1.807, 2.05) is 31.2 Å². The summed E-state index contributed by atoms with van der Waals surface area (Å²) in [5.41, 5.74) is 8.30. The number of benzene rings is 2. The minimum absolute atomic E-state index is 0.0759. The van der Waals surface area contributed by atoms with Crippen molar-refractivity contribution in [2.75, 3.05) is 7.11 Å². The molecule has 0 aliphatic carbocycles. The molecule has 0 aliphatic rings. The van der Waals surface area contributed by atoms with Crippen LogP contribution in [0.15, 0.2) is 58.5 Å². The predicted octanol–water partition coefficient (Wildman–Crippen LogP) is 4.35. The maximum atomic E-state index is 6.12. The van der Waals surface area contributed by atoms with Gasteiger partial charge in [-0.25, -0.2) is 0 Å². The quantitative estimate of drug-likeness (QED) is 0.753. The number of aromatic amines is 1. The molecule has 0 saturated heterocycles. The highest BCUT2D eigenvalue weighted by Gasteiger charge is 2.14. The third kappa shape index (κ3) is 2.77. The summed E-state index contributed by atoms with van der Waals surface area (Å²) in [5.74, 6) is 0.839. The van der Waals surface area contributed by atoms with Crippen LogP contribution in [-0.2, 0) is 0 Å². The van der Waals surface area contributed by atoms with Crippen LogP contribution in [0.5, 0.6) is 5.75 Å². The van der Waals surface area contributed by atoms with Crippen LogP contribution in [0.1, 0.15) is 18.5 Å². The second-order valence-electron chi connectivity index (χ2n) is 4.98. The van der Waals surface area contributed by atoms with Gasteiger partial charge in [-0.2, -0.15) is 0 Å². The average molecular weight is 298 g/mol. The zero-order valence-corrected chi connectivity index (χ0v) is 12.9. The molecule has 0 aliphatic heterocycles. The van der Waals surface area contributed by atoms with Crippen molar-refractivity contribution in [2.45, 2.75) is 22.9 Å². The number of hydrogen-bond acceptors (Lipinski definition) is 3. The van der Waals surface area contributed by atoms with E-state index in [-0.39, 0.29) is 6.04 Å². The molecule has 0 unspecified atom stereocenters. The molecule has 1 heterocycles. The Morgan fingerprint density at radius 2 is 1.95 bits per heavy atom. The molecule has 1 aromatic heterocycles. The highest BCUT2D eigenvalue weighted by atomic mass is 32.2. The molecular formula is C17H18N2OS. The Morgan fingerprint density at radius 3 is 2.67 bits per heavy atom. The van der Waals surface area contributed by atoms with Gasteiger partial charge in [-0.05, 0) is 31.2 Å². The molecule has 4 heteroatoms. The van der Waals surface area contributed by atoms with Crippen LogP contribution in [0.3, 0.4) is 0 Å². The molecule has 0 bridgehead atoms. The summed E-state index contributed by atoms with van der Waals surface area (Å²) in [6.07, 6.45) is 0. The monoisotopic (exact) mass is 298 g/mol. The van der Waals surface area contributed by atoms with E-state index in [1.54, 1.807) is 18.9 Å². The van der Waals surface area contributed by atoms with Crippen molar-refractivity contribution in [2.24, 2.45) is 5.73 Å². The van der Waals surface area contributed by atoms with E-state index in [2.05, 4.69) is 29.2 Å². The fourth-order valence-electron chi connectivity index (χ4n) is 2.46. The maximum Gasteiger partial charge on any atom is 0.124 e. The zero-order valence-electron chi connectivity index (χ0n) is 12.1. The van der Waals surface area contributed by atoms with Crippen LogP contribution in [0, 0.1) is 0 Å². The first-order valence-corrected chi connectivity index (χ1v) is 7.69. The van der Waals surface area contributed by atoms with Crippen molar-refractivity contribution in [3.05, 3.63) is 54.1 Å². The topological polar surface area (TPSA) is 51.0 Å². The van der Waals surface area contributed by atoms with E-state index in [9.17, 15) is 0 Å². The highest BCUT2D eigenvalue weighted by Crippen LogP contribution is 2.38. The van der Waals surface area contributed by atoms with Crippen molar-refractivity contribution in [1.29, 1.82) is 0 Å². The molecule has 3 nitrogen and oxygen atoms in total. The van der Waals surface area contributed by atoms with Crippen LogP contribution in [0.25, 0.3) is 10.9 Å². The van der Waals surface area contributed by atoms with Gasteiger partial charge < -0.3 is 15.5 Å². The largest absolute Gasteiger partial charge is 0.496 e. The summed E-state index contributed by atoms with van der Waals surface area (Å²) in [4.78, 5) is 4.55. The lowest BCUT2D eigenvalue weighted by molar-refractivity contribution is 0.405. The fraction of sp³-hybridized carbons (Fsp3) is 0.176. The SMILES string of the molecule is COc1cccc(Sc2cc3ccccc3[nH]2)c1[C@H](C)N. The van der Waals surface area contributed by atoms with Gasteiger partial charge in [0.2, 0.25) is 0 Å². The summed E-state index contributed by atoms with van der Waals surface area (Å²) >= 11 is 1.68. The highest BCUT2D eigenvalue weighted by molar-refractivity contribution is 7.99. The van der Waals surface area contributed by atoms with Gasteiger partial charge in [0.25, 0.3) is 0 Å². The third-order valence-electron chi connectivity index (χ3n) is 3.43. The summed E-state index contributed by atoms with van der Waals surface area (Å²) in [7, 11) is 1.68. The van der Waals surface area contributed by atoms with E-state index >= 15 is 0 Å². The first-order valence-electron chi connectivity index (χ1n) is 6.87. The van der Waals surface area contributed by atoms with Crippen molar-refractivity contribution < 1.29 is 4.74 Å². The number of para-hydroxylation sites is 1. The van der Waals surface area contributed by atoms with Crippen LogP contribution in [-0.4, -0.2) is 12.1 Å². The Kier molecular flexibility index (Phi) is 3.90. The lowest BCUT2D eigenvalue weighted by Gasteiger charge is -2.15. The van der Waals surface area contributed by atoms with E-state index in [1.165, 1.54) is 5.39 Å². The normalized spacial score (nSPS) is 12.5. The minimum Gasteiger partial charge on any atom is -0.496 e. The number of ether oxygens (including phenoxy) is 1. The number of rotatable bonds is 4. The molecule has 0 spiro atoms. The number of nitrogens with two attached hydrogens (primary N) is 1. The molecule has 0 amide bonds. The molecule has 3 rings (SSSR count). The summed E-state index contributed by atoms with van der Waals surface area (Å²) in [6.45, 7) is 1.98. The zero-order chi connectivity index (χ0) is 14.8. The molecular weight excluding hydrogens is 280 g/mol. The molecule has 21 heavy (non-hydrogen) atoms. The van der Waals surface area contributed by atoms with Crippen LogP contribution < -0.4 is 10.5 Å². The third-order valence-corrected chi connectivity index (χ3v) is 4.44. The second-order valence-corrected chi connectivity index (χ2v) is 6.07. The number of nitrogens with one attached hydrogen (secondary N) is 1. The van der Waals surface area contributed by atoms with Crippen LogP contribution in [0.4, 0.5) is 0 Å². The summed E-state index contributed by atoms with van der Waals surface area (Å²) < 4.78 is 5.44. The van der Waals surface area contributed by atoms with E-state index in [4.69, 9.17) is 10.5 Å². The van der Waals surface area contributed by atoms with Gasteiger partial charge >= 0.3 is 0 Å². The first kappa shape index (κ1) is 14.0. The van der Waals surface area contributed by atoms with Crippen molar-refractivity contribution in [3.63, 3.8) is 0 Å². The molecule has 108 valence electrons. The smallest absolute Gasteiger partial charge is 0.124 e. The molecule has 0 fully saturated rings. The number of fused-ring (bicyclic) bond motifs is 1. The fourth-order valence-corrected chi connectivity index (χ4v) is 3.59. The Balaban J connectivity index is 2.01. The Morgan fingerprint density at radius 1 is 1.14 bits per heavy atom. The van der Waals surface area contributed by atoms with E-state index in [0.717, 1.165) is 26.8 Å². The van der Waals surface area contributed by atoms with E-state index in [0.29, 0.717) is 0 Å². The molecule has 3 aromatic rings. The minimum atomic E-state index is -0.0759. The number of methoxy groups -OCH3 is 1. The lowest BCUT2D eigenvalue weighted by atomic mass is 10.1. The molecule has 0 saturated carbocycles. The van der Waals surface area contributed by atoms with E-state index < -0.39 is 0 Å². The molecule has 1 atom stereocenters. The number of H-pyrrole nitrogens is 1. The summed E-state index contributed by atoms with van der Waals surface area (Å²) in [6, 6.07) is 16.4. The van der Waals surface area contributed by atoms with Crippen LogP contribution in [0.2, 0.25) is 0 Å². The Labute approximate surface area is 128 Å². The van der Waals surface area contributed by atoms with Gasteiger partial charge in [0.15, 0.2) is 0 Å². The lowest BCUT2D eigenvalue weighted by Crippen LogP contribution is -2.08. The van der Waals surface area contributed by atoms with Gasteiger partial charge in [0.1, 0.15) is 5.75 Å². The van der Waals surface area contributed by atoms with Crippen molar-refractivity contribution in [1.82, 2.24) is 4.98 Å².